The Morgan fingerprint density at radius 1 is 1.32 bits per heavy atom. The van der Waals surface area contributed by atoms with Gasteiger partial charge in [-0.05, 0) is 19.1 Å². The highest BCUT2D eigenvalue weighted by molar-refractivity contribution is 6.03. The first-order valence-electron chi connectivity index (χ1n) is 6.50. The van der Waals surface area contributed by atoms with Crippen LogP contribution in [0, 0.1) is 0 Å². The van der Waals surface area contributed by atoms with Gasteiger partial charge < -0.3 is 19.3 Å². The fourth-order valence-corrected chi connectivity index (χ4v) is 2.24. The van der Waals surface area contributed by atoms with E-state index in [9.17, 15) is 14.7 Å². The predicted molar refractivity (Wildman–Crippen MR) is 76.5 cm³/mol. The van der Waals surface area contributed by atoms with Gasteiger partial charge in [0.1, 0.15) is 11.5 Å². The van der Waals surface area contributed by atoms with Crippen molar-refractivity contribution in [2.24, 2.45) is 0 Å². The number of hydrogen-bond acceptors (Lipinski definition) is 6. The fraction of sp³-hybridized carbons (Fsp3) is 0.333. The van der Waals surface area contributed by atoms with Gasteiger partial charge in [0.15, 0.2) is 0 Å². The molecule has 0 aliphatic carbocycles. The summed E-state index contributed by atoms with van der Waals surface area (Å²) in [6.45, 7) is 2.74. The van der Waals surface area contributed by atoms with Crippen molar-refractivity contribution in [3.63, 3.8) is 0 Å². The summed E-state index contributed by atoms with van der Waals surface area (Å²) in [5, 5.41) is 12.2. The highest BCUT2D eigenvalue weighted by Gasteiger charge is 2.49. The van der Waals surface area contributed by atoms with Gasteiger partial charge in [-0.2, -0.15) is 0 Å². The zero-order valence-electron chi connectivity index (χ0n) is 12.7. The minimum Gasteiger partial charge on any atom is -0.501 e. The summed E-state index contributed by atoms with van der Waals surface area (Å²) in [5.41, 5.74) is -1.09. The van der Waals surface area contributed by atoms with E-state index >= 15 is 0 Å². The molecule has 0 radical (unpaired) electrons. The summed E-state index contributed by atoms with van der Waals surface area (Å²) in [6.07, 6.45) is 0. The van der Waals surface area contributed by atoms with E-state index in [1.165, 1.54) is 28.1 Å². The van der Waals surface area contributed by atoms with Crippen LogP contribution in [-0.2, 0) is 19.9 Å². The molecule has 118 valence electrons. The lowest BCUT2D eigenvalue weighted by Crippen LogP contribution is -2.32. The molecule has 0 bridgehead atoms. The van der Waals surface area contributed by atoms with Gasteiger partial charge in [0.05, 0.1) is 14.2 Å². The number of benzene rings is 1. The van der Waals surface area contributed by atoms with Crippen LogP contribution in [0.5, 0.6) is 11.5 Å². The Morgan fingerprint density at radius 2 is 2.00 bits per heavy atom. The van der Waals surface area contributed by atoms with Gasteiger partial charge in [-0.25, -0.2) is 0 Å². The number of ether oxygens (including phenoxy) is 3. The first kappa shape index (κ1) is 15.7. The zero-order valence-corrected chi connectivity index (χ0v) is 12.7. The molecule has 1 atom stereocenters. The maximum Gasteiger partial charge on any atom is 0.250 e. The highest BCUT2D eigenvalue weighted by atomic mass is 16.5. The van der Waals surface area contributed by atoms with Gasteiger partial charge in [0.2, 0.25) is 23.2 Å². The van der Waals surface area contributed by atoms with E-state index in [2.05, 4.69) is 5.32 Å². The Balaban J connectivity index is 2.45. The van der Waals surface area contributed by atoms with E-state index in [1.54, 1.807) is 18.2 Å². The number of carbonyl (C=O) groups is 2. The predicted octanol–water partition coefficient (Wildman–Crippen LogP) is 1.38. The molecule has 1 aliphatic rings. The second kappa shape index (κ2) is 5.59. The SMILES string of the molecule is COc1ccc(C2(C)OC(NC(C)=O)=C(O)C2=O)c(OC)c1. The quantitative estimate of drug-likeness (QED) is 0.873. The number of amides is 1. The largest absolute Gasteiger partial charge is 0.501 e. The summed E-state index contributed by atoms with van der Waals surface area (Å²) in [5.74, 6) is -1.10. The van der Waals surface area contributed by atoms with Crippen LogP contribution in [0.2, 0.25) is 0 Å². The van der Waals surface area contributed by atoms with Gasteiger partial charge >= 0.3 is 0 Å². The molecule has 0 aromatic heterocycles. The monoisotopic (exact) mass is 307 g/mol. The van der Waals surface area contributed by atoms with Crippen molar-refractivity contribution in [1.82, 2.24) is 5.32 Å². The molecule has 22 heavy (non-hydrogen) atoms. The van der Waals surface area contributed by atoms with Gasteiger partial charge in [-0.1, -0.05) is 0 Å². The Kier molecular flexibility index (Phi) is 3.99. The molecule has 1 aliphatic heterocycles. The topological polar surface area (TPSA) is 94.1 Å². The lowest BCUT2D eigenvalue weighted by Gasteiger charge is -2.25. The van der Waals surface area contributed by atoms with Crippen molar-refractivity contribution >= 4 is 11.7 Å². The first-order chi connectivity index (χ1) is 10.3. The summed E-state index contributed by atoms with van der Waals surface area (Å²) in [4.78, 5) is 23.5. The van der Waals surface area contributed by atoms with E-state index in [-0.39, 0.29) is 5.88 Å². The molecule has 1 amide bonds. The lowest BCUT2D eigenvalue weighted by atomic mass is 9.90. The van der Waals surface area contributed by atoms with Crippen molar-refractivity contribution in [3.05, 3.63) is 35.4 Å². The van der Waals surface area contributed by atoms with Crippen molar-refractivity contribution in [2.45, 2.75) is 19.4 Å². The zero-order chi connectivity index (χ0) is 16.5. The number of rotatable bonds is 4. The van der Waals surface area contributed by atoms with E-state index < -0.39 is 23.1 Å². The molecule has 0 fully saturated rings. The van der Waals surface area contributed by atoms with Crippen LogP contribution in [0.1, 0.15) is 19.4 Å². The lowest BCUT2D eigenvalue weighted by molar-refractivity contribution is -0.132. The maximum atomic E-state index is 12.4. The molecule has 7 heteroatoms. The molecular weight excluding hydrogens is 290 g/mol. The third-order valence-electron chi connectivity index (χ3n) is 3.38. The van der Waals surface area contributed by atoms with Crippen LogP contribution >= 0.6 is 0 Å². The summed E-state index contributed by atoms with van der Waals surface area (Å²) >= 11 is 0. The Hall–Kier alpha value is -2.70. The number of methoxy groups -OCH3 is 2. The van der Waals surface area contributed by atoms with E-state index in [4.69, 9.17) is 14.2 Å². The summed E-state index contributed by atoms with van der Waals surface area (Å²) in [6, 6.07) is 4.86. The van der Waals surface area contributed by atoms with Gasteiger partial charge in [-0.3, -0.25) is 14.9 Å². The second-order valence-corrected chi connectivity index (χ2v) is 4.89. The molecule has 2 rings (SSSR count). The fourth-order valence-electron chi connectivity index (χ4n) is 2.24. The first-order valence-corrected chi connectivity index (χ1v) is 6.50. The van der Waals surface area contributed by atoms with Crippen LogP contribution in [0.4, 0.5) is 0 Å². The average molecular weight is 307 g/mol. The van der Waals surface area contributed by atoms with Crippen LogP contribution < -0.4 is 14.8 Å². The number of nitrogens with one attached hydrogen (secondary N) is 1. The number of carbonyl (C=O) groups excluding carboxylic acids is 2. The Bertz CT molecular complexity index is 666. The summed E-state index contributed by atoms with van der Waals surface area (Å²) in [7, 11) is 2.96. The number of hydrogen-bond donors (Lipinski definition) is 2. The third kappa shape index (κ3) is 2.45. The average Bonchev–Trinajstić information content (AvgIpc) is 2.71. The molecule has 7 nitrogen and oxygen atoms in total. The minimum atomic E-state index is -1.50. The van der Waals surface area contributed by atoms with Crippen molar-refractivity contribution in [3.8, 4) is 11.5 Å². The normalized spacial score (nSPS) is 20.6. The highest BCUT2D eigenvalue weighted by Crippen LogP contribution is 2.42. The maximum absolute atomic E-state index is 12.4. The molecule has 2 N–H and O–H groups in total. The second-order valence-electron chi connectivity index (χ2n) is 4.89. The Labute approximate surface area is 127 Å². The van der Waals surface area contributed by atoms with E-state index in [1.807, 2.05) is 0 Å². The molecule has 0 saturated carbocycles. The number of ketones is 1. The minimum absolute atomic E-state index is 0.266. The van der Waals surface area contributed by atoms with Gasteiger partial charge in [-0.15, -0.1) is 0 Å². The van der Waals surface area contributed by atoms with E-state index in [0.717, 1.165) is 0 Å². The van der Waals surface area contributed by atoms with Crippen molar-refractivity contribution in [2.75, 3.05) is 14.2 Å². The number of aliphatic hydroxyl groups excluding tert-OH is 1. The molecule has 0 saturated heterocycles. The molecule has 0 spiro atoms. The van der Waals surface area contributed by atoms with Crippen LogP contribution in [0.15, 0.2) is 29.8 Å². The molecule has 1 aromatic rings. The molecule has 1 unspecified atom stereocenters. The van der Waals surface area contributed by atoms with Crippen LogP contribution in [0.25, 0.3) is 0 Å². The molecular formula is C15H17NO6. The van der Waals surface area contributed by atoms with Crippen LogP contribution in [-0.4, -0.2) is 31.0 Å². The van der Waals surface area contributed by atoms with Gasteiger partial charge in [0.25, 0.3) is 5.78 Å². The van der Waals surface area contributed by atoms with Gasteiger partial charge in [0, 0.05) is 18.6 Å². The van der Waals surface area contributed by atoms with Crippen molar-refractivity contribution in [1.29, 1.82) is 0 Å². The summed E-state index contributed by atoms with van der Waals surface area (Å²) < 4.78 is 15.9. The smallest absolute Gasteiger partial charge is 0.250 e. The third-order valence-corrected chi connectivity index (χ3v) is 3.38. The number of Topliss-reactive ketones (excluding diaryl/α,β-unsaturated/α-hetero) is 1. The standard InChI is InChI=1S/C15H17NO6/c1-8(17)16-14-12(18)13(19)15(2,22-14)10-6-5-9(20-3)7-11(10)21-4/h5-7,18H,1-4H3,(H,16,17). The number of aliphatic hydroxyl groups is 1. The molecule has 1 heterocycles. The van der Waals surface area contributed by atoms with E-state index in [0.29, 0.717) is 17.1 Å². The van der Waals surface area contributed by atoms with Crippen LogP contribution in [0.3, 0.4) is 0 Å². The van der Waals surface area contributed by atoms with Crippen molar-refractivity contribution < 1.29 is 28.9 Å². The molecule has 1 aromatic carbocycles. The Morgan fingerprint density at radius 3 is 2.55 bits per heavy atom.